The Bertz CT molecular complexity index is 1230. The maximum absolute atomic E-state index is 14.8. The molecule has 3 heterocycles. The number of para-hydroxylation sites is 1. The summed E-state index contributed by atoms with van der Waals surface area (Å²) in [5.41, 5.74) is 2.15. The number of nitrogens with zero attached hydrogens (tertiary/aromatic N) is 2. The fourth-order valence-corrected chi connectivity index (χ4v) is 4.43. The first-order valence-electron chi connectivity index (χ1n) is 9.72. The number of nitrogens with one attached hydrogen (secondary N) is 1. The van der Waals surface area contributed by atoms with Crippen molar-refractivity contribution < 1.29 is 8.81 Å². The molecule has 4 aromatic rings. The highest BCUT2D eigenvalue weighted by atomic mass is 79.9. The third-order valence-electron chi connectivity index (χ3n) is 5.26. The molecule has 1 aliphatic rings. The van der Waals surface area contributed by atoms with Gasteiger partial charge in [0.2, 0.25) is 0 Å². The van der Waals surface area contributed by atoms with Crippen molar-refractivity contribution in [3.8, 4) is 11.3 Å². The predicted molar refractivity (Wildman–Crippen MR) is 126 cm³/mol. The molecule has 0 spiro atoms. The maximum Gasteiger partial charge on any atom is 0.174 e. The van der Waals surface area contributed by atoms with Crippen LogP contribution in [0, 0.1) is 5.82 Å². The molecule has 7 heteroatoms. The summed E-state index contributed by atoms with van der Waals surface area (Å²) in [6.07, 6.45) is 1.73. The van der Waals surface area contributed by atoms with E-state index in [1.54, 1.807) is 29.3 Å². The fourth-order valence-electron chi connectivity index (χ4n) is 3.83. The molecular weight excluding hydrogens is 477 g/mol. The molecule has 0 aliphatic carbocycles. The average Bonchev–Trinajstić information content (AvgIpc) is 3.40. The molecule has 5 rings (SSSR count). The van der Waals surface area contributed by atoms with E-state index >= 15 is 0 Å². The second kappa shape index (κ2) is 8.24. The van der Waals surface area contributed by atoms with Gasteiger partial charge < -0.3 is 14.6 Å². The lowest BCUT2D eigenvalue weighted by atomic mass is 10.0. The Kier molecular flexibility index (Phi) is 5.29. The zero-order chi connectivity index (χ0) is 21.4. The van der Waals surface area contributed by atoms with Crippen molar-refractivity contribution in [1.29, 1.82) is 0 Å². The minimum Gasteiger partial charge on any atom is -0.459 e. The Morgan fingerprint density at radius 2 is 1.74 bits per heavy atom. The molecule has 31 heavy (non-hydrogen) atoms. The van der Waals surface area contributed by atoms with Gasteiger partial charge in [0.15, 0.2) is 5.11 Å². The van der Waals surface area contributed by atoms with Gasteiger partial charge in [-0.15, -0.1) is 0 Å². The summed E-state index contributed by atoms with van der Waals surface area (Å²) in [5.74, 6) is 1.05. The zero-order valence-electron chi connectivity index (χ0n) is 16.2. The monoisotopic (exact) mass is 493 g/mol. The van der Waals surface area contributed by atoms with Crippen LogP contribution in [-0.2, 0) is 0 Å². The lowest BCUT2D eigenvalue weighted by Crippen LogP contribution is -2.30. The molecule has 4 nitrogen and oxygen atoms in total. The first-order chi connectivity index (χ1) is 15.1. The molecule has 1 aliphatic heterocycles. The van der Waals surface area contributed by atoms with Crippen molar-refractivity contribution in [2.24, 2.45) is 0 Å². The number of hydrogen-bond donors (Lipinski definition) is 1. The van der Waals surface area contributed by atoms with E-state index in [0.29, 0.717) is 16.6 Å². The number of anilines is 1. The van der Waals surface area contributed by atoms with Crippen LogP contribution in [0.5, 0.6) is 0 Å². The van der Waals surface area contributed by atoms with Gasteiger partial charge in [0.05, 0.1) is 17.4 Å². The zero-order valence-corrected chi connectivity index (χ0v) is 18.6. The lowest BCUT2D eigenvalue weighted by molar-refractivity contribution is 0.438. The van der Waals surface area contributed by atoms with Crippen LogP contribution in [0.2, 0.25) is 0 Å². The molecule has 2 aromatic heterocycles. The summed E-state index contributed by atoms with van der Waals surface area (Å²) in [6.45, 7) is 0. The first-order valence-corrected chi connectivity index (χ1v) is 10.9. The van der Waals surface area contributed by atoms with Gasteiger partial charge in [-0.3, -0.25) is 4.98 Å². The largest absolute Gasteiger partial charge is 0.459 e. The molecule has 1 N–H and O–H groups in total. The van der Waals surface area contributed by atoms with Crippen LogP contribution in [-0.4, -0.2) is 10.1 Å². The van der Waals surface area contributed by atoms with Crippen molar-refractivity contribution in [2.75, 3.05) is 4.90 Å². The number of aromatic nitrogens is 1. The third-order valence-corrected chi connectivity index (χ3v) is 6.10. The lowest BCUT2D eigenvalue weighted by Gasteiger charge is -2.26. The van der Waals surface area contributed by atoms with Gasteiger partial charge >= 0.3 is 0 Å². The Labute approximate surface area is 192 Å². The average molecular weight is 494 g/mol. The Morgan fingerprint density at radius 3 is 2.48 bits per heavy atom. The van der Waals surface area contributed by atoms with E-state index in [0.717, 1.165) is 21.5 Å². The van der Waals surface area contributed by atoms with Crippen LogP contribution in [0.25, 0.3) is 11.3 Å². The number of furan rings is 1. The van der Waals surface area contributed by atoms with Gasteiger partial charge in [0.1, 0.15) is 23.4 Å². The Hall–Kier alpha value is -3.03. The number of pyridine rings is 1. The van der Waals surface area contributed by atoms with Crippen molar-refractivity contribution in [2.45, 2.75) is 12.1 Å². The van der Waals surface area contributed by atoms with Crippen molar-refractivity contribution >= 4 is 38.9 Å². The van der Waals surface area contributed by atoms with Gasteiger partial charge in [-0.05, 0) is 60.7 Å². The normalized spacial score (nSPS) is 18.3. The van der Waals surface area contributed by atoms with Gasteiger partial charge in [-0.1, -0.05) is 46.3 Å². The molecule has 0 saturated carbocycles. The number of halogens is 2. The fraction of sp³-hybridized carbons (Fsp3) is 0.0833. The molecule has 1 saturated heterocycles. The van der Waals surface area contributed by atoms with Gasteiger partial charge in [-0.2, -0.15) is 0 Å². The van der Waals surface area contributed by atoms with Crippen molar-refractivity contribution in [3.05, 3.63) is 107 Å². The molecule has 154 valence electrons. The third kappa shape index (κ3) is 3.75. The number of rotatable bonds is 4. The van der Waals surface area contributed by atoms with E-state index in [9.17, 15) is 4.39 Å². The summed E-state index contributed by atoms with van der Waals surface area (Å²) < 4.78 is 22.0. The summed E-state index contributed by atoms with van der Waals surface area (Å²) in [6, 6.07) is 23.4. The number of thiocarbonyl (C=S) groups is 1. The number of hydrogen-bond acceptors (Lipinski definition) is 3. The molecule has 0 radical (unpaired) electrons. The van der Waals surface area contributed by atoms with Crippen LogP contribution >= 0.6 is 28.1 Å². The predicted octanol–water partition coefficient (Wildman–Crippen LogP) is 6.42. The van der Waals surface area contributed by atoms with Gasteiger partial charge in [0.25, 0.3) is 0 Å². The van der Waals surface area contributed by atoms with Crippen LogP contribution in [0.3, 0.4) is 0 Å². The van der Waals surface area contributed by atoms with Gasteiger partial charge in [0, 0.05) is 16.2 Å². The van der Waals surface area contributed by atoms with E-state index in [1.807, 2.05) is 54.6 Å². The second-order valence-electron chi connectivity index (χ2n) is 7.16. The van der Waals surface area contributed by atoms with E-state index in [1.165, 1.54) is 6.07 Å². The minimum absolute atomic E-state index is 0.294. The summed E-state index contributed by atoms with van der Waals surface area (Å²) in [5, 5.41) is 3.74. The second-order valence-corrected chi connectivity index (χ2v) is 8.46. The van der Waals surface area contributed by atoms with Crippen LogP contribution in [0.15, 0.2) is 93.9 Å². The van der Waals surface area contributed by atoms with E-state index in [2.05, 4.69) is 26.2 Å². The van der Waals surface area contributed by atoms with Crippen molar-refractivity contribution in [3.63, 3.8) is 0 Å². The van der Waals surface area contributed by atoms with Crippen LogP contribution in [0.4, 0.5) is 10.1 Å². The smallest absolute Gasteiger partial charge is 0.174 e. The summed E-state index contributed by atoms with van der Waals surface area (Å²) in [7, 11) is 0. The molecular formula is C24H17BrFN3OS. The van der Waals surface area contributed by atoms with Gasteiger partial charge in [-0.25, -0.2) is 4.39 Å². The van der Waals surface area contributed by atoms with E-state index in [-0.39, 0.29) is 11.9 Å². The standard InChI is InChI=1S/C24H17BrFN3OS/c25-16-10-8-15(9-11-16)20-12-13-21(30-20)23-22(18-6-3-4-14-27-18)28-24(31)29(23)19-7-2-1-5-17(19)26/h1-14,22-23H,(H,28,31)/t22-,23+/m1/s1. The maximum atomic E-state index is 14.8. The van der Waals surface area contributed by atoms with Crippen LogP contribution in [0.1, 0.15) is 23.5 Å². The topological polar surface area (TPSA) is 41.3 Å². The SMILES string of the molecule is Fc1ccccc1N1C(=S)N[C@H](c2ccccn2)[C@@H]1c1ccc(-c2ccc(Br)cc2)o1. The highest BCUT2D eigenvalue weighted by Crippen LogP contribution is 2.43. The van der Waals surface area contributed by atoms with Crippen LogP contribution < -0.4 is 10.2 Å². The highest BCUT2D eigenvalue weighted by Gasteiger charge is 2.43. The molecule has 2 atom stereocenters. The molecule has 0 amide bonds. The Balaban J connectivity index is 1.61. The summed E-state index contributed by atoms with van der Waals surface area (Å²) in [4.78, 5) is 6.28. The molecule has 2 aromatic carbocycles. The quantitative estimate of drug-likeness (QED) is 0.332. The minimum atomic E-state index is -0.400. The van der Waals surface area contributed by atoms with E-state index in [4.69, 9.17) is 16.6 Å². The Morgan fingerprint density at radius 1 is 0.968 bits per heavy atom. The highest BCUT2D eigenvalue weighted by molar-refractivity contribution is 9.10. The van der Waals surface area contributed by atoms with E-state index < -0.39 is 6.04 Å². The molecule has 1 fully saturated rings. The van der Waals surface area contributed by atoms with Crippen molar-refractivity contribution in [1.82, 2.24) is 10.3 Å². The molecule has 0 unspecified atom stereocenters. The summed E-state index contributed by atoms with van der Waals surface area (Å²) >= 11 is 9.08. The molecule has 0 bridgehead atoms. The number of benzene rings is 2. The first kappa shape index (κ1) is 19.9.